The minimum Gasteiger partial charge on any atom is -0.460 e. The number of nitrogens with zero attached hydrogens (tertiary/aromatic N) is 1. The Kier molecular flexibility index (Phi) is 3.71. The molecule has 5 heteroatoms. The third kappa shape index (κ3) is 2.62. The fraction of sp³-hybridized carbons (Fsp3) is 0.455. The van der Waals surface area contributed by atoms with Crippen LogP contribution in [0.25, 0.3) is 0 Å². The van der Waals surface area contributed by atoms with E-state index in [4.69, 9.17) is 4.74 Å². The van der Waals surface area contributed by atoms with E-state index >= 15 is 0 Å². The molecule has 16 heavy (non-hydrogen) atoms. The molecule has 0 aliphatic rings. The number of nitrogens with one attached hydrogen (secondary N) is 1. The van der Waals surface area contributed by atoms with Gasteiger partial charge in [-0.15, -0.1) is 0 Å². The molecule has 0 aromatic carbocycles. The summed E-state index contributed by atoms with van der Waals surface area (Å²) < 4.78 is 6.32. The van der Waals surface area contributed by atoms with Gasteiger partial charge in [-0.3, -0.25) is 9.89 Å². The Hall–Kier alpha value is -1.78. The van der Waals surface area contributed by atoms with Crippen molar-refractivity contribution in [3.63, 3.8) is 0 Å². The van der Waals surface area contributed by atoms with Gasteiger partial charge in [-0.25, -0.2) is 9.48 Å². The second-order valence-electron chi connectivity index (χ2n) is 3.73. The fourth-order valence-corrected chi connectivity index (χ4v) is 1.21. The Balaban J connectivity index is 2.56. The Morgan fingerprint density at radius 3 is 2.56 bits per heavy atom. The van der Waals surface area contributed by atoms with Crippen LogP contribution in [0.1, 0.15) is 18.2 Å². The normalized spacial score (nSPS) is 10.2. The van der Waals surface area contributed by atoms with Gasteiger partial charge in [0.15, 0.2) is 0 Å². The van der Waals surface area contributed by atoms with Crippen LogP contribution in [0.4, 0.5) is 0 Å². The van der Waals surface area contributed by atoms with Crippen molar-refractivity contribution in [2.24, 2.45) is 0 Å². The number of aromatic amines is 1. The van der Waals surface area contributed by atoms with Gasteiger partial charge in [-0.1, -0.05) is 6.58 Å². The molecule has 0 aliphatic carbocycles. The zero-order valence-electron chi connectivity index (χ0n) is 9.79. The minimum atomic E-state index is -0.437. The van der Waals surface area contributed by atoms with Crippen LogP contribution in [0.2, 0.25) is 0 Å². The molecule has 0 fully saturated rings. The highest BCUT2D eigenvalue weighted by molar-refractivity contribution is 5.86. The predicted molar refractivity (Wildman–Crippen MR) is 60.3 cm³/mol. The van der Waals surface area contributed by atoms with Crippen molar-refractivity contribution in [2.75, 3.05) is 6.61 Å². The lowest BCUT2D eigenvalue weighted by Crippen LogP contribution is -2.21. The summed E-state index contributed by atoms with van der Waals surface area (Å²) in [6, 6.07) is 0. The quantitative estimate of drug-likeness (QED) is 0.610. The topological polar surface area (TPSA) is 64.1 Å². The first-order valence-corrected chi connectivity index (χ1v) is 5.02. The SMILES string of the molecule is C=C(C)C(=O)OCCn1[nH]c(C)c(C)c1=O. The van der Waals surface area contributed by atoms with E-state index in [0.29, 0.717) is 17.7 Å². The highest BCUT2D eigenvalue weighted by Gasteiger charge is 2.07. The highest BCUT2D eigenvalue weighted by Crippen LogP contribution is 1.97. The number of H-pyrrole nitrogens is 1. The first kappa shape index (κ1) is 12.3. The maximum Gasteiger partial charge on any atom is 0.333 e. The van der Waals surface area contributed by atoms with Crippen molar-refractivity contribution >= 4 is 5.97 Å². The second-order valence-corrected chi connectivity index (χ2v) is 3.73. The number of aromatic nitrogens is 2. The molecule has 88 valence electrons. The molecule has 0 unspecified atom stereocenters. The Labute approximate surface area is 93.7 Å². The summed E-state index contributed by atoms with van der Waals surface area (Å²) in [7, 11) is 0. The molecule has 0 bridgehead atoms. The molecule has 1 aromatic heterocycles. The number of carbonyl (C=O) groups excluding carboxylic acids is 1. The van der Waals surface area contributed by atoms with Crippen molar-refractivity contribution in [3.05, 3.63) is 33.8 Å². The lowest BCUT2D eigenvalue weighted by molar-refractivity contribution is -0.139. The van der Waals surface area contributed by atoms with Crippen LogP contribution < -0.4 is 5.56 Å². The molecule has 1 rings (SSSR count). The summed E-state index contributed by atoms with van der Waals surface area (Å²) in [5.74, 6) is -0.437. The van der Waals surface area contributed by atoms with E-state index < -0.39 is 5.97 Å². The zero-order valence-corrected chi connectivity index (χ0v) is 9.79. The number of aryl methyl sites for hydroxylation is 1. The molecule has 1 aromatic rings. The Bertz CT molecular complexity index is 468. The van der Waals surface area contributed by atoms with E-state index in [1.807, 2.05) is 6.92 Å². The van der Waals surface area contributed by atoms with E-state index in [1.165, 1.54) is 4.68 Å². The average Bonchev–Trinajstić information content (AvgIpc) is 2.46. The van der Waals surface area contributed by atoms with Gasteiger partial charge in [0.25, 0.3) is 5.56 Å². The number of hydrogen-bond donors (Lipinski definition) is 1. The van der Waals surface area contributed by atoms with Crippen LogP contribution in [0.15, 0.2) is 16.9 Å². The van der Waals surface area contributed by atoms with Gasteiger partial charge >= 0.3 is 5.97 Å². The van der Waals surface area contributed by atoms with Gasteiger partial charge < -0.3 is 4.74 Å². The van der Waals surface area contributed by atoms with Crippen molar-refractivity contribution < 1.29 is 9.53 Å². The molecule has 0 aliphatic heterocycles. The van der Waals surface area contributed by atoms with E-state index in [-0.39, 0.29) is 12.2 Å². The second kappa shape index (κ2) is 4.83. The highest BCUT2D eigenvalue weighted by atomic mass is 16.5. The summed E-state index contributed by atoms with van der Waals surface area (Å²) in [4.78, 5) is 22.6. The van der Waals surface area contributed by atoms with Crippen molar-refractivity contribution in [1.29, 1.82) is 0 Å². The number of rotatable bonds is 4. The molecule has 1 N–H and O–H groups in total. The summed E-state index contributed by atoms with van der Waals surface area (Å²) in [5.41, 5.74) is 1.79. The summed E-state index contributed by atoms with van der Waals surface area (Å²) in [6.07, 6.45) is 0. The van der Waals surface area contributed by atoms with Crippen LogP contribution in [0, 0.1) is 13.8 Å². The van der Waals surface area contributed by atoms with Gasteiger partial charge in [0.2, 0.25) is 0 Å². The fourth-order valence-electron chi connectivity index (χ4n) is 1.21. The first-order valence-electron chi connectivity index (χ1n) is 5.02. The standard InChI is InChI=1S/C11H16N2O3/c1-7(2)11(15)16-6-5-13-10(14)8(3)9(4)12-13/h12H,1,5-6H2,2-4H3. The maximum atomic E-state index is 11.6. The van der Waals surface area contributed by atoms with Crippen LogP contribution in [0.3, 0.4) is 0 Å². The van der Waals surface area contributed by atoms with Gasteiger partial charge in [-0.2, -0.15) is 0 Å². The molecule has 0 atom stereocenters. The van der Waals surface area contributed by atoms with Gasteiger partial charge in [0.05, 0.1) is 6.54 Å². The van der Waals surface area contributed by atoms with Crippen LogP contribution in [-0.2, 0) is 16.1 Å². The van der Waals surface area contributed by atoms with E-state index in [9.17, 15) is 9.59 Å². The smallest absolute Gasteiger partial charge is 0.333 e. The van der Waals surface area contributed by atoms with Crippen molar-refractivity contribution in [3.8, 4) is 0 Å². The van der Waals surface area contributed by atoms with Gasteiger partial charge in [-0.05, 0) is 20.8 Å². The molecule has 0 amide bonds. The van der Waals surface area contributed by atoms with E-state index in [1.54, 1.807) is 13.8 Å². The van der Waals surface area contributed by atoms with E-state index in [2.05, 4.69) is 11.7 Å². The monoisotopic (exact) mass is 224 g/mol. The summed E-state index contributed by atoms with van der Waals surface area (Å²) in [5, 5.41) is 2.91. The molecule has 5 nitrogen and oxygen atoms in total. The summed E-state index contributed by atoms with van der Waals surface area (Å²) >= 11 is 0. The van der Waals surface area contributed by atoms with Gasteiger partial charge in [0, 0.05) is 16.8 Å². The molecule has 0 spiro atoms. The third-order valence-electron chi connectivity index (χ3n) is 2.33. The Morgan fingerprint density at radius 1 is 1.50 bits per heavy atom. The van der Waals surface area contributed by atoms with Crippen LogP contribution in [-0.4, -0.2) is 22.4 Å². The van der Waals surface area contributed by atoms with Gasteiger partial charge in [0.1, 0.15) is 6.61 Å². The first-order chi connectivity index (χ1) is 7.43. The van der Waals surface area contributed by atoms with Crippen molar-refractivity contribution in [2.45, 2.75) is 27.3 Å². The van der Waals surface area contributed by atoms with Crippen LogP contribution in [0.5, 0.6) is 0 Å². The average molecular weight is 224 g/mol. The zero-order chi connectivity index (χ0) is 12.3. The molecular weight excluding hydrogens is 208 g/mol. The van der Waals surface area contributed by atoms with Crippen LogP contribution >= 0.6 is 0 Å². The largest absolute Gasteiger partial charge is 0.460 e. The lowest BCUT2D eigenvalue weighted by atomic mass is 10.3. The lowest BCUT2D eigenvalue weighted by Gasteiger charge is -2.04. The maximum absolute atomic E-state index is 11.6. The number of ether oxygens (including phenoxy) is 1. The molecule has 1 heterocycles. The number of carbonyl (C=O) groups is 1. The minimum absolute atomic E-state index is 0.0797. The molecule has 0 saturated heterocycles. The molecular formula is C11H16N2O3. The van der Waals surface area contributed by atoms with Crippen molar-refractivity contribution in [1.82, 2.24) is 9.78 Å². The Morgan fingerprint density at radius 2 is 2.12 bits per heavy atom. The predicted octanol–water partition coefficient (Wildman–Crippen LogP) is 0.913. The number of esters is 1. The third-order valence-corrected chi connectivity index (χ3v) is 2.33. The molecule has 0 saturated carbocycles. The van der Waals surface area contributed by atoms with E-state index in [0.717, 1.165) is 5.69 Å². The molecule has 0 radical (unpaired) electrons. The summed E-state index contributed by atoms with van der Waals surface area (Å²) in [6.45, 7) is 9.11. The number of hydrogen-bond acceptors (Lipinski definition) is 3.